The zero-order valence-electron chi connectivity index (χ0n) is 16.3. The van der Waals surface area contributed by atoms with E-state index in [9.17, 15) is 19.7 Å². The second-order valence-electron chi connectivity index (χ2n) is 6.62. The molecule has 8 heteroatoms. The Bertz CT molecular complexity index is 1340. The van der Waals surface area contributed by atoms with Gasteiger partial charge in [0.2, 0.25) is 11.3 Å². The molecule has 0 bridgehead atoms. The Morgan fingerprint density at radius 3 is 2.32 bits per heavy atom. The van der Waals surface area contributed by atoms with Crippen LogP contribution < -0.4 is 15.5 Å². The molecule has 0 atom stereocenters. The predicted molar refractivity (Wildman–Crippen MR) is 116 cm³/mol. The average molecular weight is 416 g/mol. The van der Waals surface area contributed by atoms with Gasteiger partial charge in [0.15, 0.2) is 0 Å². The fourth-order valence-corrected chi connectivity index (χ4v) is 3.16. The number of fused-ring (bicyclic) bond motifs is 1. The largest absolute Gasteiger partial charge is 0.497 e. The van der Waals surface area contributed by atoms with Crippen molar-refractivity contribution >= 4 is 28.4 Å². The molecule has 4 aromatic rings. The Morgan fingerprint density at radius 1 is 1.00 bits per heavy atom. The molecule has 0 spiro atoms. The van der Waals surface area contributed by atoms with Crippen LogP contribution in [0.2, 0.25) is 0 Å². The minimum atomic E-state index is -0.567. The number of nitro benzene ring substituents is 1. The van der Waals surface area contributed by atoms with E-state index >= 15 is 0 Å². The molecule has 0 aliphatic carbocycles. The summed E-state index contributed by atoms with van der Waals surface area (Å²) in [6.07, 6.45) is 0. The smallest absolute Gasteiger partial charge is 0.269 e. The maximum absolute atomic E-state index is 13.2. The van der Waals surface area contributed by atoms with Gasteiger partial charge in [0.05, 0.1) is 23.0 Å². The van der Waals surface area contributed by atoms with Gasteiger partial charge in [-0.15, -0.1) is 0 Å². The summed E-state index contributed by atoms with van der Waals surface area (Å²) in [5.41, 5.74) is 0.806. The molecule has 0 aliphatic heterocycles. The summed E-state index contributed by atoms with van der Waals surface area (Å²) in [6, 6.07) is 18.7. The number of anilines is 1. The second kappa shape index (κ2) is 8.11. The van der Waals surface area contributed by atoms with Crippen LogP contribution in [-0.4, -0.2) is 17.9 Å². The second-order valence-corrected chi connectivity index (χ2v) is 6.62. The van der Waals surface area contributed by atoms with Crippen LogP contribution in [0.3, 0.4) is 0 Å². The molecule has 0 saturated carbocycles. The van der Waals surface area contributed by atoms with Crippen LogP contribution in [0.1, 0.15) is 10.4 Å². The summed E-state index contributed by atoms with van der Waals surface area (Å²) in [6.45, 7) is 0. The molecular formula is C23H16N2O6. The third-order valence-corrected chi connectivity index (χ3v) is 4.74. The van der Waals surface area contributed by atoms with E-state index in [4.69, 9.17) is 9.15 Å². The van der Waals surface area contributed by atoms with Crippen molar-refractivity contribution in [1.82, 2.24) is 0 Å². The van der Waals surface area contributed by atoms with E-state index in [-0.39, 0.29) is 28.1 Å². The first-order valence-corrected chi connectivity index (χ1v) is 9.24. The summed E-state index contributed by atoms with van der Waals surface area (Å²) < 4.78 is 11.0. The van der Waals surface area contributed by atoms with Crippen LogP contribution >= 0.6 is 0 Å². The maximum Gasteiger partial charge on any atom is 0.269 e. The first-order valence-electron chi connectivity index (χ1n) is 9.24. The number of ether oxygens (including phenoxy) is 1. The van der Waals surface area contributed by atoms with Gasteiger partial charge >= 0.3 is 0 Å². The highest BCUT2D eigenvalue weighted by molar-refractivity contribution is 6.06. The van der Waals surface area contributed by atoms with Crippen LogP contribution in [0, 0.1) is 10.1 Å². The highest BCUT2D eigenvalue weighted by atomic mass is 16.6. The topological polar surface area (TPSA) is 112 Å². The highest BCUT2D eigenvalue weighted by Crippen LogP contribution is 2.30. The number of methoxy groups -OCH3 is 1. The number of non-ortho nitro benzene ring substituents is 1. The van der Waals surface area contributed by atoms with Crippen LogP contribution in [0.25, 0.3) is 22.1 Å². The number of nitrogens with one attached hydrogen (secondary N) is 1. The predicted octanol–water partition coefficient (Wildman–Crippen LogP) is 4.63. The molecule has 0 aliphatic rings. The minimum Gasteiger partial charge on any atom is -0.497 e. The number of nitro groups is 1. The molecule has 1 aromatic heterocycles. The van der Waals surface area contributed by atoms with E-state index in [1.54, 1.807) is 48.5 Å². The standard InChI is InChI=1S/C23H16N2O6/c1-30-17-12-8-14(9-13-17)20-21(26)18-4-2-3-5-19(18)31-23(20)24-22(27)15-6-10-16(11-7-15)25(28)29/h2-13H,1H3,(H,24,27). The number of hydrogen-bond acceptors (Lipinski definition) is 6. The Hall–Kier alpha value is -4.46. The van der Waals surface area contributed by atoms with Crippen molar-refractivity contribution in [2.24, 2.45) is 0 Å². The number of amides is 1. The number of carbonyl (C=O) groups excluding carboxylic acids is 1. The number of hydrogen-bond donors (Lipinski definition) is 1. The van der Waals surface area contributed by atoms with Crippen molar-refractivity contribution in [2.45, 2.75) is 0 Å². The molecule has 0 fully saturated rings. The molecule has 1 amide bonds. The number of nitrogens with zero attached hydrogens (tertiary/aromatic N) is 1. The third-order valence-electron chi connectivity index (χ3n) is 4.74. The Balaban J connectivity index is 1.80. The molecular weight excluding hydrogens is 400 g/mol. The van der Waals surface area contributed by atoms with Crippen molar-refractivity contribution in [2.75, 3.05) is 12.4 Å². The van der Waals surface area contributed by atoms with E-state index in [1.807, 2.05) is 0 Å². The van der Waals surface area contributed by atoms with Crippen LogP contribution in [-0.2, 0) is 0 Å². The van der Waals surface area contributed by atoms with Gasteiger partial charge in [-0.1, -0.05) is 24.3 Å². The van der Waals surface area contributed by atoms with Crippen LogP contribution in [0.4, 0.5) is 11.6 Å². The molecule has 31 heavy (non-hydrogen) atoms. The summed E-state index contributed by atoms with van der Waals surface area (Å²) in [4.78, 5) is 36.3. The fraction of sp³-hybridized carbons (Fsp3) is 0.0435. The fourth-order valence-electron chi connectivity index (χ4n) is 3.16. The van der Waals surface area contributed by atoms with Crippen LogP contribution in [0.15, 0.2) is 82.0 Å². The third kappa shape index (κ3) is 3.86. The first kappa shape index (κ1) is 19.8. The van der Waals surface area contributed by atoms with Gasteiger partial charge in [-0.3, -0.25) is 25.0 Å². The summed E-state index contributed by atoms with van der Waals surface area (Å²) in [7, 11) is 1.54. The molecule has 4 rings (SSSR count). The van der Waals surface area contributed by atoms with E-state index in [1.165, 1.54) is 31.4 Å². The maximum atomic E-state index is 13.2. The number of benzene rings is 3. The lowest BCUT2D eigenvalue weighted by atomic mass is 10.0. The van der Waals surface area contributed by atoms with Gasteiger partial charge in [-0.2, -0.15) is 0 Å². The van der Waals surface area contributed by atoms with E-state index in [2.05, 4.69) is 5.32 Å². The Kier molecular flexibility index (Phi) is 5.19. The highest BCUT2D eigenvalue weighted by Gasteiger charge is 2.19. The summed E-state index contributed by atoms with van der Waals surface area (Å²) in [5, 5.41) is 13.8. The molecule has 0 saturated heterocycles. The van der Waals surface area contributed by atoms with Crippen molar-refractivity contribution in [1.29, 1.82) is 0 Å². The molecule has 1 N–H and O–H groups in total. The van der Waals surface area contributed by atoms with E-state index in [0.717, 1.165) is 0 Å². The van der Waals surface area contributed by atoms with Gasteiger partial charge < -0.3 is 9.15 Å². The summed E-state index contributed by atoms with van der Waals surface area (Å²) in [5.74, 6) is 0.0331. The zero-order chi connectivity index (χ0) is 22.0. The van der Waals surface area contributed by atoms with E-state index in [0.29, 0.717) is 22.3 Å². The lowest BCUT2D eigenvalue weighted by Crippen LogP contribution is -2.16. The van der Waals surface area contributed by atoms with Crippen molar-refractivity contribution in [3.63, 3.8) is 0 Å². The van der Waals surface area contributed by atoms with Crippen molar-refractivity contribution < 1.29 is 18.9 Å². The number of carbonyl (C=O) groups is 1. The van der Waals surface area contributed by atoms with Crippen LogP contribution in [0.5, 0.6) is 5.75 Å². The normalized spacial score (nSPS) is 10.6. The van der Waals surface area contributed by atoms with E-state index < -0.39 is 10.8 Å². The molecule has 154 valence electrons. The van der Waals surface area contributed by atoms with Gasteiger partial charge in [0, 0.05) is 17.7 Å². The molecule has 3 aromatic carbocycles. The van der Waals surface area contributed by atoms with Crippen molar-refractivity contribution in [3.8, 4) is 16.9 Å². The lowest BCUT2D eigenvalue weighted by Gasteiger charge is -2.12. The lowest BCUT2D eigenvalue weighted by molar-refractivity contribution is -0.384. The molecule has 0 unspecified atom stereocenters. The summed E-state index contributed by atoms with van der Waals surface area (Å²) >= 11 is 0. The average Bonchev–Trinajstić information content (AvgIpc) is 2.79. The minimum absolute atomic E-state index is 0.0165. The quantitative estimate of drug-likeness (QED) is 0.375. The van der Waals surface area contributed by atoms with Gasteiger partial charge in [0.25, 0.3) is 11.6 Å². The van der Waals surface area contributed by atoms with Gasteiger partial charge in [-0.05, 0) is 42.0 Å². The van der Waals surface area contributed by atoms with Gasteiger partial charge in [0.1, 0.15) is 11.3 Å². The Morgan fingerprint density at radius 2 is 1.68 bits per heavy atom. The first-order chi connectivity index (χ1) is 15.0. The molecule has 8 nitrogen and oxygen atoms in total. The monoisotopic (exact) mass is 416 g/mol. The zero-order valence-corrected chi connectivity index (χ0v) is 16.3. The SMILES string of the molecule is COc1ccc(-c2c(NC(=O)c3ccc([N+](=O)[O-])cc3)oc3ccccc3c2=O)cc1. The van der Waals surface area contributed by atoms with Gasteiger partial charge in [-0.25, -0.2) is 0 Å². The molecule has 1 heterocycles. The Labute approximate surface area is 175 Å². The number of para-hydroxylation sites is 1. The molecule has 0 radical (unpaired) electrons. The van der Waals surface area contributed by atoms with Crippen molar-refractivity contribution in [3.05, 3.63) is 98.7 Å². The number of rotatable bonds is 5.